The minimum atomic E-state index is -0.858. The summed E-state index contributed by atoms with van der Waals surface area (Å²) in [6.45, 7) is 5.76. The van der Waals surface area contributed by atoms with E-state index in [1.807, 2.05) is 13.8 Å². The van der Waals surface area contributed by atoms with Gasteiger partial charge in [-0.2, -0.15) is 0 Å². The van der Waals surface area contributed by atoms with Crippen molar-refractivity contribution in [3.8, 4) is 0 Å². The topological polar surface area (TPSA) is 147 Å². The molecule has 10 heteroatoms. The molecule has 3 atom stereocenters. The minimum absolute atomic E-state index is 0.0127. The van der Waals surface area contributed by atoms with Gasteiger partial charge in [-0.15, -0.1) is 0 Å². The van der Waals surface area contributed by atoms with Crippen LogP contribution in [-0.4, -0.2) is 66.3 Å². The van der Waals surface area contributed by atoms with Gasteiger partial charge >= 0.3 is 0 Å². The lowest BCUT2D eigenvalue weighted by molar-refractivity contribution is -0.132. The predicted octanol–water partition coefficient (Wildman–Crippen LogP) is 0.385. The van der Waals surface area contributed by atoms with Crippen molar-refractivity contribution in [2.24, 2.45) is 17.6 Å². The van der Waals surface area contributed by atoms with E-state index in [4.69, 9.17) is 10.2 Å². The van der Waals surface area contributed by atoms with Crippen molar-refractivity contribution < 1.29 is 23.6 Å². The first-order chi connectivity index (χ1) is 15.8. The average Bonchev–Trinajstić information content (AvgIpc) is 3.33. The molecule has 3 rings (SSSR count). The first-order valence-corrected chi connectivity index (χ1v) is 11.7. The van der Waals surface area contributed by atoms with Crippen LogP contribution in [-0.2, 0) is 14.4 Å². The van der Waals surface area contributed by atoms with Gasteiger partial charge in [0.15, 0.2) is 5.76 Å². The van der Waals surface area contributed by atoms with Crippen molar-refractivity contribution in [2.45, 2.75) is 64.1 Å². The maximum absolute atomic E-state index is 13.2. The van der Waals surface area contributed by atoms with E-state index in [2.05, 4.69) is 16.0 Å². The van der Waals surface area contributed by atoms with E-state index in [-0.39, 0.29) is 42.5 Å². The van der Waals surface area contributed by atoms with Crippen LogP contribution in [0.2, 0.25) is 0 Å². The number of piperidine rings is 2. The third kappa shape index (κ3) is 6.56. The van der Waals surface area contributed by atoms with Crippen LogP contribution in [0.1, 0.15) is 56.5 Å². The number of nitrogens with zero attached hydrogens (tertiary/aromatic N) is 1. The van der Waals surface area contributed by atoms with Gasteiger partial charge in [-0.1, -0.05) is 13.8 Å². The monoisotopic (exact) mass is 461 g/mol. The van der Waals surface area contributed by atoms with E-state index in [9.17, 15) is 19.2 Å². The largest absolute Gasteiger partial charge is 0.459 e. The molecule has 0 saturated carbocycles. The smallest absolute Gasteiger partial charge is 0.290 e. The molecule has 0 bridgehead atoms. The standard InChI is InChI=1S/C23H35N5O5/c1-14(2)12-17(20(24)29)27-22(31)18-13-16(26-21(30)15-5-8-25-9-6-15)7-10-28(18)23(32)19-4-3-11-33-19/h3-4,11,14-18,25H,5-10,12-13H2,1-2H3,(H2,24,29)(H,26,30)(H,27,31). The van der Waals surface area contributed by atoms with Gasteiger partial charge in [0.1, 0.15) is 12.1 Å². The number of carbonyl (C=O) groups excluding carboxylic acids is 4. The molecule has 2 fully saturated rings. The highest BCUT2D eigenvalue weighted by molar-refractivity contribution is 5.97. The Morgan fingerprint density at radius 2 is 1.91 bits per heavy atom. The highest BCUT2D eigenvalue weighted by atomic mass is 16.3. The fourth-order valence-electron chi connectivity index (χ4n) is 4.52. The molecule has 0 aromatic carbocycles. The molecule has 1 aromatic rings. The Bertz CT molecular complexity index is 834. The Labute approximate surface area is 194 Å². The van der Waals surface area contributed by atoms with Gasteiger partial charge in [0.05, 0.1) is 6.26 Å². The first-order valence-electron chi connectivity index (χ1n) is 11.7. The van der Waals surface area contributed by atoms with Gasteiger partial charge < -0.3 is 31.0 Å². The molecule has 2 aliphatic heterocycles. The Morgan fingerprint density at radius 3 is 2.52 bits per heavy atom. The number of rotatable bonds is 8. The fourth-order valence-corrected chi connectivity index (χ4v) is 4.52. The molecule has 0 radical (unpaired) electrons. The number of nitrogens with one attached hydrogen (secondary N) is 3. The first kappa shape index (κ1) is 24.8. The van der Waals surface area contributed by atoms with Crippen LogP contribution in [0.3, 0.4) is 0 Å². The normalized spacial score (nSPS) is 22.6. The molecule has 182 valence electrons. The summed E-state index contributed by atoms with van der Waals surface area (Å²) in [4.78, 5) is 52.3. The number of primary amides is 1. The molecule has 0 aliphatic carbocycles. The van der Waals surface area contributed by atoms with Gasteiger partial charge in [-0.25, -0.2) is 0 Å². The summed E-state index contributed by atoms with van der Waals surface area (Å²) in [6, 6.07) is 1.22. The minimum Gasteiger partial charge on any atom is -0.459 e. The lowest BCUT2D eigenvalue weighted by atomic mass is 9.92. The fraction of sp³-hybridized carbons (Fsp3) is 0.652. The van der Waals surface area contributed by atoms with E-state index in [0.29, 0.717) is 12.8 Å². The Balaban J connectivity index is 1.73. The van der Waals surface area contributed by atoms with Crippen molar-refractivity contribution in [1.29, 1.82) is 0 Å². The third-order valence-corrected chi connectivity index (χ3v) is 6.32. The SMILES string of the molecule is CC(C)CC(NC(=O)C1CC(NC(=O)C2CCNCC2)CCN1C(=O)c1ccco1)C(N)=O. The zero-order valence-corrected chi connectivity index (χ0v) is 19.3. The van der Waals surface area contributed by atoms with Crippen LogP contribution in [0.25, 0.3) is 0 Å². The van der Waals surface area contributed by atoms with Crippen molar-refractivity contribution in [1.82, 2.24) is 20.9 Å². The number of carbonyl (C=O) groups is 4. The van der Waals surface area contributed by atoms with Crippen molar-refractivity contribution in [2.75, 3.05) is 19.6 Å². The van der Waals surface area contributed by atoms with Crippen LogP contribution < -0.4 is 21.7 Å². The Morgan fingerprint density at radius 1 is 1.18 bits per heavy atom. The third-order valence-electron chi connectivity index (χ3n) is 6.32. The molecule has 3 heterocycles. The van der Waals surface area contributed by atoms with Crippen molar-refractivity contribution >= 4 is 23.6 Å². The molecule has 2 aliphatic rings. The maximum Gasteiger partial charge on any atom is 0.290 e. The summed E-state index contributed by atoms with van der Waals surface area (Å²) in [5.74, 6) is -1.26. The second-order valence-corrected chi connectivity index (χ2v) is 9.34. The molecular weight excluding hydrogens is 426 g/mol. The molecule has 1 aromatic heterocycles. The maximum atomic E-state index is 13.2. The molecule has 4 amide bonds. The Kier molecular flexibility index (Phi) is 8.49. The van der Waals surface area contributed by atoms with E-state index < -0.39 is 29.8 Å². The second kappa shape index (κ2) is 11.3. The van der Waals surface area contributed by atoms with Crippen LogP contribution in [0, 0.1) is 11.8 Å². The molecule has 3 unspecified atom stereocenters. The van der Waals surface area contributed by atoms with Gasteiger partial charge in [0, 0.05) is 18.5 Å². The highest BCUT2D eigenvalue weighted by Crippen LogP contribution is 2.23. The van der Waals surface area contributed by atoms with Crippen molar-refractivity contribution in [3.63, 3.8) is 0 Å². The molecule has 5 N–H and O–H groups in total. The second-order valence-electron chi connectivity index (χ2n) is 9.34. The molecule has 10 nitrogen and oxygen atoms in total. The Hall–Kier alpha value is -2.88. The number of hydrogen-bond acceptors (Lipinski definition) is 6. The number of nitrogens with two attached hydrogens (primary N) is 1. The number of furan rings is 1. The zero-order valence-electron chi connectivity index (χ0n) is 19.3. The molecule has 0 spiro atoms. The van der Waals surface area contributed by atoms with Crippen LogP contribution in [0.15, 0.2) is 22.8 Å². The van der Waals surface area contributed by atoms with Crippen molar-refractivity contribution in [3.05, 3.63) is 24.2 Å². The zero-order chi connectivity index (χ0) is 24.0. The number of likely N-dealkylation sites (tertiary alicyclic amines) is 1. The quantitative estimate of drug-likeness (QED) is 0.440. The summed E-state index contributed by atoms with van der Waals surface area (Å²) in [5.41, 5.74) is 5.50. The summed E-state index contributed by atoms with van der Waals surface area (Å²) in [7, 11) is 0. The molecular formula is C23H35N5O5. The predicted molar refractivity (Wildman–Crippen MR) is 121 cm³/mol. The summed E-state index contributed by atoms with van der Waals surface area (Å²) < 4.78 is 5.25. The average molecular weight is 462 g/mol. The summed E-state index contributed by atoms with van der Waals surface area (Å²) in [5, 5.41) is 9.05. The lowest BCUT2D eigenvalue weighted by Crippen LogP contribution is -2.60. The van der Waals surface area contributed by atoms with Gasteiger partial charge in [-0.05, 0) is 63.2 Å². The van der Waals surface area contributed by atoms with E-state index in [1.165, 1.54) is 11.2 Å². The highest BCUT2D eigenvalue weighted by Gasteiger charge is 2.39. The van der Waals surface area contributed by atoms with Gasteiger partial charge in [0.25, 0.3) is 5.91 Å². The molecule has 2 saturated heterocycles. The molecule has 33 heavy (non-hydrogen) atoms. The van der Waals surface area contributed by atoms with Gasteiger partial charge in [-0.3, -0.25) is 19.2 Å². The lowest BCUT2D eigenvalue weighted by Gasteiger charge is -2.39. The van der Waals surface area contributed by atoms with E-state index in [0.717, 1.165) is 25.9 Å². The van der Waals surface area contributed by atoms with Crippen LogP contribution in [0.4, 0.5) is 0 Å². The number of hydrogen-bond donors (Lipinski definition) is 4. The van der Waals surface area contributed by atoms with E-state index >= 15 is 0 Å². The number of amides is 4. The van der Waals surface area contributed by atoms with E-state index in [1.54, 1.807) is 12.1 Å². The summed E-state index contributed by atoms with van der Waals surface area (Å²) >= 11 is 0. The van der Waals surface area contributed by atoms with Gasteiger partial charge in [0.2, 0.25) is 17.7 Å². The summed E-state index contributed by atoms with van der Waals surface area (Å²) in [6.07, 6.45) is 4.14. The van der Waals surface area contributed by atoms with Crippen LogP contribution >= 0.6 is 0 Å². The van der Waals surface area contributed by atoms with Crippen LogP contribution in [0.5, 0.6) is 0 Å².